The first kappa shape index (κ1) is 22.1. The van der Waals surface area contributed by atoms with Crippen LogP contribution in [0.25, 0.3) is 11.3 Å². The lowest BCUT2D eigenvalue weighted by molar-refractivity contribution is -0.274. The number of hydrogen-bond donors (Lipinski definition) is 0. The molecule has 0 atom stereocenters. The first-order chi connectivity index (χ1) is 15.9. The summed E-state index contributed by atoms with van der Waals surface area (Å²) >= 11 is 0. The van der Waals surface area contributed by atoms with Gasteiger partial charge in [-0.3, -0.25) is 0 Å². The van der Waals surface area contributed by atoms with E-state index in [0.717, 1.165) is 10.2 Å². The fraction of sp³-hybridized carbons (Fsp3) is 0.174. The number of rotatable bonds is 7. The number of alkyl halides is 3. The molecule has 0 saturated heterocycles. The maximum absolute atomic E-state index is 13.1. The lowest BCUT2D eigenvalue weighted by Gasteiger charge is -2.21. The van der Waals surface area contributed by atoms with Crippen LogP contribution in [-0.4, -0.2) is 38.8 Å². The summed E-state index contributed by atoms with van der Waals surface area (Å²) in [5.41, 5.74) is 1.91. The van der Waals surface area contributed by atoms with Crippen LogP contribution in [0.5, 0.6) is 5.75 Å². The van der Waals surface area contributed by atoms with E-state index in [9.17, 15) is 18.0 Å². The summed E-state index contributed by atoms with van der Waals surface area (Å²) in [4.78, 5) is 14.7. The van der Waals surface area contributed by atoms with Gasteiger partial charge in [0.15, 0.2) is 0 Å². The SMILES string of the molecule is O=C(N(CCc1ccccc1)Cc1ccco1)n1cc(-c2ccc(OC(F)(F)F)cc2)nn1. The van der Waals surface area contributed by atoms with E-state index in [1.165, 1.54) is 36.7 Å². The molecule has 0 fully saturated rings. The average Bonchev–Trinajstić information content (AvgIpc) is 3.49. The summed E-state index contributed by atoms with van der Waals surface area (Å²) in [6.45, 7) is 0.666. The number of aromatic nitrogens is 3. The van der Waals surface area contributed by atoms with E-state index in [4.69, 9.17) is 4.42 Å². The molecule has 0 saturated carbocycles. The highest BCUT2D eigenvalue weighted by molar-refractivity contribution is 5.77. The van der Waals surface area contributed by atoms with Crippen molar-refractivity contribution in [2.24, 2.45) is 0 Å². The second kappa shape index (κ2) is 9.60. The van der Waals surface area contributed by atoms with Crippen LogP contribution in [0.3, 0.4) is 0 Å². The van der Waals surface area contributed by atoms with Gasteiger partial charge in [0, 0.05) is 12.1 Å². The van der Waals surface area contributed by atoms with Crippen molar-refractivity contribution in [2.75, 3.05) is 6.54 Å². The normalized spacial score (nSPS) is 11.4. The molecule has 0 N–H and O–H groups in total. The van der Waals surface area contributed by atoms with Gasteiger partial charge in [-0.05, 0) is 48.4 Å². The van der Waals surface area contributed by atoms with Gasteiger partial charge in [0.25, 0.3) is 0 Å². The van der Waals surface area contributed by atoms with Crippen molar-refractivity contribution in [3.8, 4) is 17.0 Å². The molecule has 4 rings (SSSR count). The van der Waals surface area contributed by atoms with Crippen LogP contribution >= 0.6 is 0 Å². The van der Waals surface area contributed by atoms with Crippen LogP contribution in [0.4, 0.5) is 18.0 Å². The van der Waals surface area contributed by atoms with Crippen molar-refractivity contribution >= 4 is 6.03 Å². The van der Waals surface area contributed by atoms with Gasteiger partial charge in [0.05, 0.1) is 19.0 Å². The number of carbonyl (C=O) groups excluding carboxylic acids is 1. The molecule has 10 heteroatoms. The summed E-state index contributed by atoms with van der Waals surface area (Å²) in [5.74, 6) is 0.275. The third-order valence-electron chi connectivity index (χ3n) is 4.78. The van der Waals surface area contributed by atoms with Crippen molar-refractivity contribution < 1.29 is 27.1 Å². The Labute approximate surface area is 187 Å². The summed E-state index contributed by atoms with van der Waals surface area (Å²) in [7, 11) is 0. The van der Waals surface area contributed by atoms with Crippen molar-refractivity contribution in [1.82, 2.24) is 19.9 Å². The molecule has 0 radical (unpaired) electrons. The van der Waals surface area contributed by atoms with E-state index in [1.54, 1.807) is 17.0 Å². The first-order valence-electron chi connectivity index (χ1n) is 10.0. The monoisotopic (exact) mass is 456 g/mol. The van der Waals surface area contributed by atoms with Gasteiger partial charge >= 0.3 is 12.4 Å². The first-order valence-corrected chi connectivity index (χ1v) is 10.0. The molecule has 170 valence electrons. The van der Waals surface area contributed by atoms with Crippen LogP contribution in [-0.2, 0) is 13.0 Å². The van der Waals surface area contributed by atoms with Gasteiger partial charge < -0.3 is 14.1 Å². The molecule has 2 heterocycles. The molecule has 2 aromatic heterocycles. The van der Waals surface area contributed by atoms with Gasteiger partial charge in [-0.2, -0.15) is 4.68 Å². The third-order valence-corrected chi connectivity index (χ3v) is 4.78. The van der Waals surface area contributed by atoms with Gasteiger partial charge in [-0.15, -0.1) is 18.3 Å². The number of carbonyl (C=O) groups is 1. The van der Waals surface area contributed by atoms with E-state index in [2.05, 4.69) is 15.0 Å². The Morgan fingerprint density at radius 2 is 1.79 bits per heavy atom. The maximum Gasteiger partial charge on any atom is 0.573 e. The second-order valence-corrected chi connectivity index (χ2v) is 7.14. The lowest BCUT2D eigenvalue weighted by Crippen LogP contribution is -2.36. The minimum Gasteiger partial charge on any atom is -0.467 e. The number of hydrogen-bond acceptors (Lipinski definition) is 5. The molecule has 2 aromatic carbocycles. The quantitative estimate of drug-likeness (QED) is 0.385. The van der Waals surface area contributed by atoms with Crippen molar-refractivity contribution in [2.45, 2.75) is 19.3 Å². The molecular weight excluding hydrogens is 437 g/mol. The Morgan fingerprint density at radius 3 is 2.45 bits per heavy atom. The van der Waals surface area contributed by atoms with Crippen LogP contribution in [0.15, 0.2) is 83.6 Å². The molecule has 4 aromatic rings. The molecule has 1 amide bonds. The minimum atomic E-state index is -4.77. The van der Waals surface area contributed by atoms with E-state index >= 15 is 0 Å². The molecule has 0 aliphatic heterocycles. The molecular formula is C23H19F3N4O3. The lowest BCUT2D eigenvalue weighted by atomic mass is 10.1. The Morgan fingerprint density at radius 1 is 1.03 bits per heavy atom. The maximum atomic E-state index is 13.1. The summed E-state index contributed by atoms with van der Waals surface area (Å²) in [6, 6.07) is 18.0. The summed E-state index contributed by atoms with van der Waals surface area (Å²) in [6.07, 6.45) is -1.17. The minimum absolute atomic E-state index is 0.247. The number of ether oxygens (including phenoxy) is 1. The highest BCUT2D eigenvalue weighted by Gasteiger charge is 2.31. The van der Waals surface area contributed by atoms with Gasteiger partial charge in [-0.25, -0.2) is 4.79 Å². The predicted molar refractivity (Wildman–Crippen MR) is 112 cm³/mol. The van der Waals surface area contributed by atoms with Crippen molar-refractivity contribution in [1.29, 1.82) is 0 Å². The predicted octanol–water partition coefficient (Wildman–Crippen LogP) is 5.15. The number of amides is 1. The van der Waals surface area contributed by atoms with Crippen molar-refractivity contribution in [3.63, 3.8) is 0 Å². The number of halogens is 3. The standard InChI is InChI=1S/C23H19F3N4O3/c24-23(25,26)33-19-10-8-18(9-11-19)21-16-30(28-27-21)22(31)29(15-20-7-4-14-32-20)13-12-17-5-2-1-3-6-17/h1-11,14,16H,12-13,15H2. The highest BCUT2D eigenvalue weighted by Crippen LogP contribution is 2.25. The molecule has 0 unspecified atom stereocenters. The average molecular weight is 456 g/mol. The Kier molecular flexibility index (Phi) is 6.43. The number of furan rings is 1. The van der Waals surface area contributed by atoms with E-state index < -0.39 is 12.4 Å². The molecule has 7 nitrogen and oxygen atoms in total. The second-order valence-electron chi connectivity index (χ2n) is 7.14. The Hall–Kier alpha value is -4.08. The molecule has 0 aliphatic carbocycles. The largest absolute Gasteiger partial charge is 0.573 e. The number of benzene rings is 2. The van der Waals surface area contributed by atoms with E-state index in [1.807, 2.05) is 30.3 Å². The van der Waals surface area contributed by atoms with Gasteiger partial charge in [-0.1, -0.05) is 35.5 Å². The van der Waals surface area contributed by atoms with E-state index in [-0.39, 0.29) is 12.3 Å². The highest BCUT2D eigenvalue weighted by atomic mass is 19.4. The topological polar surface area (TPSA) is 73.4 Å². The van der Waals surface area contributed by atoms with E-state index in [0.29, 0.717) is 30.0 Å². The Balaban J connectivity index is 1.49. The zero-order valence-electron chi connectivity index (χ0n) is 17.3. The van der Waals surface area contributed by atoms with Crippen molar-refractivity contribution in [3.05, 3.63) is 90.5 Å². The van der Waals surface area contributed by atoms with Crippen LogP contribution in [0.2, 0.25) is 0 Å². The summed E-state index contributed by atoms with van der Waals surface area (Å²) in [5, 5.41) is 7.90. The molecule has 33 heavy (non-hydrogen) atoms. The number of nitrogens with zero attached hydrogens (tertiary/aromatic N) is 4. The van der Waals surface area contributed by atoms with Gasteiger partial charge in [0.2, 0.25) is 0 Å². The van der Waals surface area contributed by atoms with Crippen LogP contribution in [0.1, 0.15) is 11.3 Å². The van der Waals surface area contributed by atoms with Crippen LogP contribution < -0.4 is 4.74 Å². The third kappa shape index (κ3) is 6.00. The summed E-state index contributed by atoms with van der Waals surface area (Å²) < 4.78 is 47.4. The zero-order valence-corrected chi connectivity index (χ0v) is 17.3. The molecule has 0 bridgehead atoms. The smallest absolute Gasteiger partial charge is 0.467 e. The Bertz CT molecular complexity index is 1170. The molecule has 0 spiro atoms. The zero-order chi connectivity index (χ0) is 23.3. The molecule has 0 aliphatic rings. The fourth-order valence-corrected chi connectivity index (χ4v) is 3.20. The van der Waals surface area contributed by atoms with Gasteiger partial charge in [0.1, 0.15) is 17.2 Å². The van der Waals surface area contributed by atoms with Crippen LogP contribution in [0, 0.1) is 0 Å². The fourth-order valence-electron chi connectivity index (χ4n) is 3.20.